The Morgan fingerprint density at radius 3 is 2.86 bits per heavy atom. The van der Waals surface area contributed by atoms with Gasteiger partial charge in [0.2, 0.25) is 11.0 Å². The number of benzene rings is 1. The molecule has 0 aliphatic rings. The molecule has 0 amide bonds. The predicted octanol–water partition coefficient (Wildman–Crippen LogP) is 2.73. The Labute approximate surface area is 121 Å². The first kappa shape index (κ1) is 15.0. The first-order valence-corrected chi connectivity index (χ1v) is 6.81. The second-order valence-corrected chi connectivity index (χ2v) is 4.53. The van der Waals surface area contributed by atoms with E-state index in [9.17, 15) is 18.9 Å². The van der Waals surface area contributed by atoms with Crippen LogP contribution in [0.4, 0.5) is 14.5 Å². The number of hydrogen-bond acceptors (Lipinski definition) is 6. The summed E-state index contributed by atoms with van der Waals surface area (Å²) in [6.07, 6.45) is 0.0707. The number of hydrogen-bond donors (Lipinski definition) is 0. The zero-order valence-corrected chi connectivity index (χ0v) is 11.5. The van der Waals surface area contributed by atoms with Crippen molar-refractivity contribution in [3.63, 3.8) is 0 Å². The fraction of sp³-hybridized carbons (Fsp3) is 0.182. The van der Waals surface area contributed by atoms with Gasteiger partial charge < -0.3 is 0 Å². The summed E-state index contributed by atoms with van der Waals surface area (Å²) in [5.41, 5.74) is 0.298. The van der Waals surface area contributed by atoms with Crippen LogP contribution in [0.25, 0.3) is 0 Å². The van der Waals surface area contributed by atoms with Gasteiger partial charge in [0, 0.05) is 17.7 Å². The minimum Gasteiger partial charge on any atom is -0.258 e. The van der Waals surface area contributed by atoms with Gasteiger partial charge >= 0.3 is 0 Å². The average molecular weight is 313 g/mol. The Balaban J connectivity index is 2.35. The molecule has 21 heavy (non-hydrogen) atoms. The number of alkyl halides is 2. The molecule has 0 aliphatic heterocycles. The normalized spacial score (nSPS) is 11.4. The molecule has 2 aromatic rings. The van der Waals surface area contributed by atoms with Crippen LogP contribution in [0, 0.1) is 10.1 Å². The molecule has 0 aliphatic carbocycles. The van der Waals surface area contributed by atoms with Gasteiger partial charge in [-0.25, -0.2) is 8.78 Å². The second kappa shape index (κ2) is 6.39. The first-order chi connectivity index (χ1) is 10.0. The lowest BCUT2D eigenvalue weighted by Crippen LogP contribution is -2.00. The first-order valence-electron chi connectivity index (χ1n) is 5.59. The molecule has 1 heterocycles. The van der Waals surface area contributed by atoms with E-state index in [0.29, 0.717) is 5.56 Å². The number of aromatic nitrogens is 3. The number of nitro groups is 1. The molecule has 0 bridgehead atoms. The van der Waals surface area contributed by atoms with Gasteiger partial charge in [-0.15, -0.1) is 10.2 Å². The van der Waals surface area contributed by atoms with Gasteiger partial charge in [-0.2, -0.15) is 9.78 Å². The predicted molar refractivity (Wildman–Crippen MR) is 72.8 cm³/mol. The SMILES string of the molecule is CSc1nnc(C(F)F)n1/N=C/c1cccc([N+](=O)[O-])c1. The molecule has 0 atom stereocenters. The summed E-state index contributed by atoms with van der Waals surface area (Å²) < 4.78 is 26.5. The minimum atomic E-state index is -2.82. The molecule has 1 aromatic carbocycles. The lowest BCUT2D eigenvalue weighted by atomic mass is 10.2. The van der Waals surface area contributed by atoms with Crippen LogP contribution in [-0.4, -0.2) is 32.3 Å². The summed E-state index contributed by atoms with van der Waals surface area (Å²) >= 11 is 1.11. The van der Waals surface area contributed by atoms with E-state index < -0.39 is 17.2 Å². The Morgan fingerprint density at radius 2 is 2.24 bits per heavy atom. The van der Waals surface area contributed by atoms with Gasteiger partial charge in [0.1, 0.15) is 0 Å². The average Bonchev–Trinajstić information content (AvgIpc) is 2.88. The van der Waals surface area contributed by atoms with Crippen molar-refractivity contribution >= 4 is 23.7 Å². The van der Waals surface area contributed by atoms with Crippen LogP contribution in [0.3, 0.4) is 0 Å². The summed E-state index contributed by atoms with van der Waals surface area (Å²) in [5, 5.41) is 21.7. The molecule has 0 fully saturated rings. The van der Waals surface area contributed by atoms with E-state index >= 15 is 0 Å². The van der Waals surface area contributed by atoms with Crippen molar-refractivity contribution in [1.29, 1.82) is 0 Å². The number of non-ortho nitro benzene ring substituents is 1. The van der Waals surface area contributed by atoms with Crippen molar-refractivity contribution in [2.45, 2.75) is 11.6 Å². The van der Waals surface area contributed by atoms with Crippen molar-refractivity contribution in [3.8, 4) is 0 Å². The topological polar surface area (TPSA) is 86.2 Å². The Bertz CT molecular complexity index is 689. The van der Waals surface area contributed by atoms with Gasteiger partial charge in [0.05, 0.1) is 11.1 Å². The molecule has 0 unspecified atom stereocenters. The highest BCUT2D eigenvalue weighted by Crippen LogP contribution is 2.21. The molecular formula is C11H9F2N5O2S. The van der Waals surface area contributed by atoms with Gasteiger partial charge in [0.25, 0.3) is 12.1 Å². The van der Waals surface area contributed by atoms with Gasteiger partial charge in [-0.1, -0.05) is 23.9 Å². The molecule has 110 valence electrons. The quantitative estimate of drug-likeness (QED) is 0.366. The van der Waals surface area contributed by atoms with E-state index in [4.69, 9.17) is 0 Å². The standard InChI is InChI=1S/C11H9F2N5O2S/c1-21-11-16-15-10(9(12)13)17(11)14-6-7-3-2-4-8(5-7)18(19)20/h2-6,9H,1H3/b14-6+. The molecule has 2 rings (SSSR count). The highest BCUT2D eigenvalue weighted by Gasteiger charge is 2.19. The molecule has 7 nitrogen and oxygen atoms in total. The molecule has 0 N–H and O–H groups in total. The van der Waals surface area contributed by atoms with Crippen LogP contribution in [-0.2, 0) is 0 Å². The lowest BCUT2D eigenvalue weighted by Gasteiger charge is -2.01. The molecule has 0 saturated heterocycles. The molecule has 0 saturated carbocycles. The van der Waals surface area contributed by atoms with E-state index in [0.717, 1.165) is 16.4 Å². The van der Waals surface area contributed by atoms with Crippen molar-refractivity contribution in [3.05, 3.63) is 45.8 Å². The Morgan fingerprint density at radius 1 is 1.48 bits per heavy atom. The Hall–Kier alpha value is -2.36. The van der Waals surface area contributed by atoms with Crippen LogP contribution >= 0.6 is 11.8 Å². The largest absolute Gasteiger partial charge is 0.299 e. The summed E-state index contributed by atoms with van der Waals surface area (Å²) in [6, 6.07) is 5.67. The third-order valence-electron chi connectivity index (χ3n) is 2.42. The minimum absolute atomic E-state index is 0.109. The summed E-state index contributed by atoms with van der Waals surface area (Å²) in [6.45, 7) is 0. The van der Waals surface area contributed by atoms with Gasteiger partial charge in [0.15, 0.2) is 0 Å². The number of thioether (sulfide) groups is 1. The summed E-state index contributed by atoms with van der Waals surface area (Å²) in [5.74, 6) is -0.582. The van der Waals surface area contributed by atoms with Crippen molar-refractivity contribution < 1.29 is 13.7 Å². The van der Waals surface area contributed by atoms with E-state index in [1.165, 1.54) is 24.4 Å². The van der Waals surface area contributed by atoms with Gasteiger partial charge in [-0.05, 0) is 6.26 Å². The van der Waals surface area contributed by atoms with Crippen LogP contribution in [0.1, 0.15) is 17.8 Å². The van der Waals surface area contributed by atoms with Crippen molar-refractivity contribution in [2.75, 3.05) is 6.26 Å². The van der Waals surface area contributed by atoms with Crippen LogP contribution < -0.4 is 0 Å². The number of nitrogens with zero attached hydrogens (tertiary/aromatic N) is 5. The molecule has 10 heteroatoms. The maximum atomic E-state index is 12.8. The van der Waals surface area contributed by atoms with Crippen LogP contribution in [0.15, 0.2) is 34.5 Å². The van der Waals surface area contributed by atoms with Crippen molar-refractivity contribution in [2.24, 2.45) is 5.10 Å². The summed E-state index contributed by atoms with van der Waals surface area (Å²) in [4.78, 5) is 10.1. The van der Waals surface area contributed by atoms with Crippen LogP contribution in [0.5, 0.6) is 0 Å². The maximum absolute atomic E-state index is 12.8. The zero-order valence-electron chi connectivity index (χ0n) is 10.7. The molecular weight excluding hydrogens is 304 g/mol. The fourth-order valence-electron chi connectivity index (χ4n) is 1.49. The maximum Gasteiger partial charge on any atom is 0.299 e. The summed E-state index contributed by atoms with van der Waals surface area (Å²) in [7, 11) is 0. The fourth-order valence-corrected chi connectivity index (χ4v) is 1.93. The molecule has 1 aromatic heterocycles. The van der Waals surface area contributed by atoms with Crippen molar-refractivity contribution in [1.82, 2.24) is 14.9 Å². The molecule has 0 radical (unpaired) electrons. The van der Waals surface area contributed by atoms with E-state index in [1.807, 2.05) is 0 Å². The van der Waals surface area contributed by atoms with E-state index in [2.05, 4.69) is 15.3 Å². The number of halogens is 2. The zero-order chi connectivity index (χ0) is 15.4. The van der Waals surface area contributed by atoms with E-state index in [-0.39, 0.29) is 10.8 Å². The lowest BCUT2D eigenvalue weighted by molar-refractivity contribution is -0.384. The third kappa shape index (κ3) is 3.40. The highest BCUT2D eigenvalue weighted by molar-refractivity contribution is 7.98. The Kier molecular flexibility index (Phi) is 4.58. The van der Waals surface area contributed by atoms with Gasteiger partial charge in [-0.3, -0.25) is 10.1 Å². The smallest absolute Gasteiger partial charge is 0.258 e. The van der Waals surface area contributed by atoms with E-state index in [1.54, 1.807) is 12.3 Å². The monoisotopic (exact) mass is 313 g/mol. The number of rotatable bonds is 5. The molecule has 0 spiro atoms. The van der Waals surface area contributed by atoms with Crippen LogP contribution in [0.2, 0.25) is 0 Å². The highest BCUT2D eigenvalue weighted by atomic mass is 32.2. The second-order valence-electron chi connectivity index (χ2n) is 3.75. The number of nitro benzene ring substituents is 1. The third-order valence-corrected chi connectivity index (χ3v) is 3.04.